The summed E-state index contributed by atoms with van der Waals surface area (Å²) in [6.07, 6.45) is -7.35. The van der Waals surface area contributed by atoms with Crippen LogP contribution in [-0.2, 0) is 0 Å². The molecule has 0 heterocycles. The number of nitrogens with zero attached hydrogens (tertiary/aromatic N) is 2. The second kappa shape index (κ2) is 3.76. The Balaban J connectivity index is 4.56. The van der Waals surface area contributed by atoms with E-state index in [-0.39, 0.29) is 0 Å². The fourth-order valence-electron chi connectivity index (χ4n) is 0.628. The van der Waals surface area contributed by atoms with Crippen LogP contribution in [0.3, 0.4) is 0 Å². The molecule has 0 aromatic heterocycles. The van der Waals surface area contributed by atoms with Gasteiger partial charge in [0.2, 0.25) is 0 Å². The van der Waals surface area contributed by atoms with Crippen LogP contribution in [0, 0.1) is 20.2 Å². The van der Waals surface area contributed by atoms with Gasteiger partial charge in [-0.2, -0.15) is 13.2 Å². The number of alkyl halides is 3. The monoisotopic (exact) mass is 216 g/mol. The first-order valence-corrected chi connectivity index (χ1v) is 3.45. The SMILES string of the molecule is CC(CCC(F)(F)F)([N+](=O)[O-])[N+](=O)[O-]. The molecule has 0 atom stereocenters. The summed E-state index contributed by atoms with van der Waals surface area (Å²) in [5.41, 5.74) is -2.77. The molecule has 6 nitrogen and oxygen atoms in total. The lowest BCUT2D eigenvalue weighted by Crippen LogP contribution is -2.43. The molecule has 0 N–H and O–H groups in total. The van der Waals surface area contributed by atoms with E-state index < -0.39 is 34.5 Å². The van der Waals surface area contributed by atoms with Crippen LogP contribution in [0.1, 0.15) is 19.8 Å². The topological polar surface area (TPSA) is 86.3 Å². The first kappa shape index (κ1) is 12.6. The van der Waals surface area contributed by atoms with Gasteiger partial charge in [-0.25, -0.2) is 0 Å². The fourth-order valence-corrected chi connectivity index (χ4v) is 0.628. The smallest absolute Gasteiger partial charge is 0.258 e. The molecule has 0 radical (unpaired) electrons. The maximum atomic E-state index is 11.7. The van der Waals surface area contributed by atoms with Gasteiger partial charge in [-0.3, -0.25) is 20.2 Å². The molecule has 0 spiro atoms. The van der Waals surface area contributed by atoms with E-state index in [2.05, 4.69) is 0 Å². The summed E-state index contributed by atoms with van der Waals surface area (Å²) in [6, 6.07) is 0. The van der Waals surface area contributed by atoms with E-state index in [1.165, 1.54) is 0 Å². The van der Waals surface area contributed by atoms with Crippen molar-refractivity contribution in [3.63, 3.8) is 0 Å². The van der Waals surface area contributed by atoms with Crippen molar-refractivity contribution in [3.8, 4) is 0 Å². The normalized spacial score (nSPS) is 12.6. The molecule has 14 heavy (non-hydrogen) atoms. The lowest BCUT2D eigenvalue weighted by atomic mass is 10.1. The van der Waals surface area contributed by atoms with E-state index in [0.29, 0.717) is 6.92 Å². The van der Waals surface area contributed by atoms with Crippen molar-refractivity contribution in [1.82, 2.24) is 0 Å². The Morgan fingerprint density at radius 2 is 1.43 bits per heavy atom. The summed E-state index contributed by atoms with van der Waals surface area (Å²) in [4.78, 5) is 17.7. The van der Waals surface area contributed by atoms with Crippen molar-refractivity contribution in [2.45, 2.75) is 31.6 Å². The highest BCUT2D eigenvalue weighted by molar-refractivity contribution is 4.63. The minimum absolute atomic E-state index is 0.554. The van der Waals surface area contributed by atoms with Crippen molar-refractivity contribution < 1.29 is 23.0 Å². The van der Waals surface area contributed by atoms with Crippen molar-refractivity contribution in [3.05, 3.63) is 20.2 Å². The second-order valence-corrected chi connectivity index (χ2v) is 2.85. The van der Waals surface area contributed by atoms with Crippen LogP contribution in [0.5, 0.6) is 0 Å². The number of hydrogen-bond donors (Lipinski definition) is 0. The van der Waals surface area contributed by atoms with Gasteiger partial charge in [-0.1, -0.05) is 0 Å². The quantitative estimate of drug-likeness (QED) is 0.405. The Bertz CT molecular complexity index is 238. The van der Waals surface area contributed by atoms with Crippen LogP contribution in [0.15, 0.2) is 0 Å². The molecule has 0 saturated heterocycles. The third-order valence-corrected chi connectivity index (χ3v) is 1.67. The van der Waals surface area contributed by atoms with Crippen LogP contribution in [0.4, 0.5) is 13.2 Å². The Morgan fingerprint density at radius 3 is 1.64 bits per heavy atom. The number of hydrogen-bond acceptors (Lipinski definition) is 4. The molecule has 0 aliphatic rings. The van der Waals surface area contributed by atoms with Gasteiger partial charge in [-0.15, -0.1) is 0 Å². The van der Waals surface area contributed by atoms with Crippen LogP contribution >= 0.6 is 0 Å². The van der Waals surface area contributed by atoms with E-state index in [1.54, 1.807) is 0 Å². The van der Waals surface area contributed by atoms with Gasteiger partial charge in [-0.05, 0) is 0 Å². The van der Waals surface area contributed by atoms with E-state index in [1.807, 2.05) is 0 Å². The fraction of sp³-hybridized carbons (Fsp3) is 1.00. The molecule has 0 bridgehead atoms. The summed E-state index contributed by atoms with van der Waals surface area (Å²) in [6.45, 7) is 0.554. The van der Waals surface area contributed by atoms with Gasteiger partial charge in [0.1, 0.15) is 0 Å². The molecule has 0 amide bonds. The van der Waals surface area contributed by atoms with Crippen LogP contribution < -0.4 is 0 Å². The molecular formula is C5H7F3N2O4. The zero-order chi connectivity index (χ0) is 11.6. The van der Waals surface area contributed by atoms with Gasteiger partial charge < -0.3 is 0 Å². The third kappa shape index (κ3) is 3.15. The Kier molecular flexibility index (Phi) is 3.38. The van der Waals surface area contributed by atoms with Gasteiger partial charge >= 0.3 is 11.8 Å². The number of nitro groups is 2. The molecular weight excluding hydrogens is 209 g/mol. The molecule has 0 unspecified atom stereocenters. The summed E-state index contributed by atoms with van der Waals surface area (Å²) in [7, 11) is 0. The molecule has 0 aliphatic carbocycles. The molecule has 0 aliphatic heterocycles. The first-order valence-electron chi connectivity index (χ1n) is 3.45. The van der Waals surface area contributed by atoms with Gasteiger partial charge in [0.15, 0.2) is 0 Å². The molecule has 9 heteroatoms. The standard InChI is InChI=1S/C5H7F3N2O4/c1-4(9(11)12,10(13)14)2-3-5(6,7)8/h2-3H2,1H3. The van der Waals surface area contributed by atoms with Crippen LogP contribution in [0.2, 0.25) is 0 Å². The van der Waals surface area contributed by atoms with Crippen LogP contribution in [-0.4, -0.2) is 21.7 Å². The summed E-state index contributed by atoms with van der Waals surface area (Å²) < 4.78 is 35.0. The van der Waals surface area contributed by atoms with E-state index in [0.717, 1.165) is 0 Å². The third-order valence-electron chi connectivity index (χ3n) is 1.67. The lowest BCUT2D eigenvalue weighted by Gasteiger charge is -2.13. The maximum absolute atomic E-state index is 11.7. The van der Waals surface area contributed by atoms with Crippen molar-refractivity contribution >= 4 is 0 Å². The average molecular weight is 216 g/mol. The Morgan fingerprint density at radius 1 is 1.07 bits per heavy atom. The van der Waals surface area contributed by atoms with Gasteiger partial charge in [0, 0.05) is 0 Å². The highest BCUT2D eigenvalue weighted by Gasteiger charge is 2.52. The molecule has 0 fully saturated rings. The minimum atomic E-state index is -4.63. The van der Waals surface area contributed by atoms with Crippen molar-refractivity contribution in [2.24, 2.45) is 0 Å². The van der Waals surface area contributed by atoms with Gasteiger partial charge in [0.05, 0.1) is 29.6 Å². The Labute approximate surface area is 76.0 Å². The zero-order valence-corrected chi connectivity index (χ0v) is 7.08. The first-order chi connectivity index (χ1) is 6.09. The zero-order valence-electron chi connectivity index (χ0n) is 7.08. The van der Waals surface area contributed by atoms with E-state index >= 15 is 0 Å². The molecule has 0 aromatic rings. The number of rotatable bonds is 4. The second-order valence-electron chi connectivity index (χ2n) is 2.85. The Hall–Kier alpha value is -1.41. The summed E-state index contributed by atoms with van der Waals surface area (Å²) >= 11 is 0. The maximum Gasteiger partial charge on any atom is 0.456 e. The minimum Gasteiger partial charge on any atom is -0.258 e. The molecule has 0 rings (SSSR count). The van der Waals surface area contributed by atoms with Crippen molar-refractivity contribution in [2.75, 3.05) is 0 Å². The number of halogens is 3. The predicted octanol–water partition coefficient (Wildman–Crippen LogP) is 1.60. The highest BCUT2D eigenvalue weighted by Crippen LogP contribution is 2.27. The molecule has 82 valence electrons. The van der Waals surface area contributed by atoms with Gasteiger partial charge in [0.25, 0.3) is 0 Å². The molecule has 0 saturated carbocycles. The largest absolute Gasteiger partial charge is 0.456 e. The predicted molar refractivity (Wildman–Crippen MR) is 37.7 cm³/mol. The van der Waals surface area contributed by atoms with Crippen molar-refractivity contribution in [1.29, 1.82) is 0 Å². The summed E-state index contributed by atoms with van der Waals surface area (Å²) in [5, 5.41) is 20.4. The average Bonchev–Trinajstić information content (AvgIpc) is 1.97. The summed E-state index contributed by atoms with van der Waals surface area (Å²) in [5.74, 6) is 0. The lowest BCUT2D eigenvalue weighted by molar-refractivity contribution is -0.793. The van der Waals surface area contributed by atoms with Crippen LogP contribution in [0.25, 0.3) is 0 Å². The highest BCUT2D eigenvalue weighted by atomic mass is 19.4. The van der Waals surface area contributed by atoms with E-state index in [9.17, 15) is 33.4 Å². The van der Waals surface area contributed by atoms with E-state index in [4.69, 9.17) is 0 Å². The molecule has 0 aromatic carbocycles.